The third-order valence-corrected chi connectivity index (χ3v) is 1.53. The van der Waals surface area contributed by atoms with Crippen molar-refractivity contribution in [3.05, 3.63) is 17.8 Å². The van der Waals surface area contributed by atoms with Crippen molar-refractivity contribution in [2.45, 2.75) is 6.18 Å². The number of pyridine rings is 1. The van der Waals surface area contributed by atoms with E-state index in [1.807, 2.05) is 0 Å². The molecule has 1 aromatic heterocycles. The lowest BCUT2D eigenvalue weighted by Crippen LogP contribution is -2.08. The fourth-order valence-electron chi connectivity index (χ4n) is 0.887. The van der Waals surface area contributed by atoms with Crippen LogP contribution in [0.5, 0.6) is 11.6 Å². The molecule has 1 heterocycles. The van der Waals surface area contributed by atoms with E-state index < -0.39 is 11.9 Å². The Labute approximate surface area is 78.5 Å². The Kier molecular flexibility index (Phi) is 2.83. The summed E-state index contributed by atoms with van der Waals surface area (Å²) in [7, 11) is 2.55. The fourth-order valence-corrected chi connectivity index (χ4v) is 0.887. The maximum absolute atomic E-state index is 12.2. The minimum absolute atomic E-state index is 0.167. The molecule has 0 saturated heterocycles. The van der Waals surface area contributed by atoms with Crippen molar-refractivity contribution in [2.24, 2.45) is 0 Å². The number of ether oxygens (including phenoxy) is 2. The molecule has 1 aromatic rings. The second kappa shape index (κ2) is 3.73. The standard InChI is InChI=1S/C8H8F3NO2/c1-13-5-3-4-6(8(9,10)11)12-7(5)14-2/h3-4H,1-2H3. The molecule has 0 fully saturated rings. The molecule has 0 bridgehead atoms. The second-order valence-electron chi connectivity index (χ2n) is 2.41. The monoisotopic (exact) mass is 207 g/mol. The highest BCUT2D eigenvalue weighted by molar-refractivity contribution is 5.35. The highest BCUT2D eigenvalue weighted by atomic mass is 19.4. The highest BCUT2D eigenvalue weighted by Crippen LogP contribution is 2.32. The van der Waals surface area contributed by atoms with Crippen LogP contribution in [-0.2, 0) is 6.18 Å². The Morgan fingerprint density at radius 1 is 1.14 bits per heavy atom. The van der Waals surface area contributed by atoms with Crippen molar-refractivity contribution in [2.75, 3.05) is 14.2 Å². The molecule has 0 unspecified atom stereocenters. The molecule has 0 aliphatic heterocycles. The van der Waals surface area contributed by atoms with Gasteiger partial charge in [-0.05, 0) is 12.1 Å². The average molecular weight is 207 g/mol. The zero-order valence-electron chi connectivity index (χ0n) is 7.55. The van der Waals surface area contributed by atoms with Gasteiger partial charge in [0.15, 0.2) is 5.75 Å². The number of alkyl halides is 3. The summed E-state index contributed by atoms with van der Waals surface area (Å²) in [5.41, 5.74) is -1.00. The van der Waals surface area contributed by atoms with Crippen LogP contribution in [-0.4, -0.2) is 19.2 Å². The van der Waals surface area contributed by atoms with E-state index in [1.165, 1.54) is 14.2 Å². The van der Waals surface area contributed by atoms with E-state index in [-0.39, 0.29) is 11.6 Å². The normalized spacial score (nSPS) is 11.2. The van der Waals surface area contributed by atoms with Gasteiger partial charge in [0.05, 0.1) is 14.2 Å². The largest absolute Gasteiger partial charge is 0.491 e. The van der Waals surface area contributed by atoms with Crippen molar-refractivity contribution in [1.29, 1.82) is 0 Å². The van der Waals surface area contributed by atoms with E-state index in [2.05, 4.69) is 9.72 Å². The predicted molar refractivity (Wildman–Crippen MR) is 42.3 cm³/mol. The Morgan fingerprint density at radius 2 is 1.79 bits per heavy atom. The van der Waals surface area contributed by atoms with Crippen LogP contribution in [0.25, 0.3) is 0 Å². The number of rotatable bonds is 2. The van der Waals surface area contributed by atoms with Gasteiger partial charge in [0, 0.05) is 0 Å². The minimum Gasteiger partial charge on any atom is -0.491 e. The lowest BCUT2D eigenvalue weighted by atomic mass is 10.3. The van der Waals surface area contributed by atoms with Crippen LogP contribution in [0.15, 0.2) is 12.1 Å². The molecule has 78 valence electrons. The van der Waals surface area contributed by atoms with Crippen LogP contribution >= 0.6 is 0 Å². The van der Waals surface area contributed by atoms with Gasteiger partial charge in [-0.25, -0.2) is 4.98 Å². The van der Waals surface area contributed by atoms with Crippen LogP contribution < -0.4 is 9.47 Å². The second-order valence-corrected chi connectivity index (χ2v) is 2.41. The molecule has 6 heteroatoms. The van der Waals surface area contributed by atoms with Gasteiger partial charge in [-0.15, -0.1) is 0 Å². The molecule has 0 aromatic carbocycles. The Balaban J connectivity index is 3.14. The maximum Gasteiger partial charge on any atom is 0.433 e. The van der Waals surface area contributed by atoms with Gasteiger partial charge in [-0.3, -0.25) is 0 Å². The van der Waals surface area contributed by atoms with Crippen molar-refractivity contribution >= 4 is 0 Å². The predicted octanol–water partition coefficient (Wildman–Crippen LogP) is 2.12. The first-order valence-corrected chi connectivity index (χ1v) is 3.65. The first-order valence-electron chi connectivity index (χ1n) is 3.65. The first kappa shape index (κ1) is 10.6. The van der Waals surface area contributed by atoms with E-state index in [1.54, 1.807) is 0 Å². The topological polar surface area (TPSA) is 31.4 Å². The van der Waals surface area contributed by atoms with Crippen molar-refractivity contribution < 1.29 is 22.6 Å². The maximum atomic E-state index is 12.2. The summed E-state index contributed by atoms with van der Waals surface area (Å²) in [5, 5.41) is 0. The Bertz CT molecular complexity index is 325. The Morgan fingerprint density at radius 3 is 2.21 bits per heavy atom. The van der Waals surface area contributed by atoms with Crippen LogP contribution in [0.3, 0.4) is 0 Å². The summed E-state index contributed by atoms with van der Waals surface area (Å²) >= 11 is 0. The van der Waals surface area contributed by atoms with Crippen LogP contribution in [0.2, 0.25) is 0 Å². The summed E-state index contributed by atoms with van der Waals surface area (Å²) < 4.78 is 45.9. The van der Waals surface area contributed by atoms with E-state index in [4.69, 9.17) is 4.74 Å². The average Bonchev–Trinajstić information content (AvgIpc) is 2.15. The van der Waals surface area contributed by atoms with Crippen molar-refractivity contribution in [1.82, 2.24) is 4.98 Å². The van der Waals surface area contributed by atoms with Gasteiger partial charge in [-0.1, -0.05) is 0 Å². The number of nitrogens with zero attached hydrogens (tertiary/aromatic N) is 1. The molecule has 0 aliphatic rings. The van der Waals surface area contributed by atoms with Gasteiger partial charge >= 0.3 is 6.18 Å². The molecule has 0 aliphatic carbocycles. The van der Waals surface area contributed by atoms with Crippen molar-refractivity contribution in [3.8, 4) is 11.6 Å². The van der Waals surface area contributed by atoms with E-state index in [0.717, 1.165) is 12.1 Å². The van der Waals surface area contributed by atoms with E-state index in [0.29, 0.717) is 0 Å². The molecule has 14 heavy (non-hydrogen) atoms. The number of hydrogen-bond acceptors (Lipinski definition) is 3. The quantitative estimate of drug-likeness (QED) is 0.744. The number of aromatic nitrogens is 1. The lowest BCUT2D eigenvalue weighted by Gasteiger charge is -2.09. The van der Waals surface area contributed by atoms with E-state index >= 15 is 0 Å². The summed E-state index contributed by atoms with van der Waals surface area (Å²) in [5.74, 6) is -0.0113. The van der Waals surface area contributed by atoms with Gasteiger partial charge < -0.3 is 9.47 Å². The van der Waals surface area contributed by atoms with Gasteiger partial charge in [0.1, 0.15) is 5.69 Å². The smallest absolute Gasteiger partial charge is 0.433 e. The molecule has 1 rings (SSSR count). The molecule has 0 N–H and O–H groups in total. The minimum atomic E-state index is -4.47. The number of methoxy groups -OCH3 is 2. The lowest BCUT2D eigenvalue weighted by molar-refractivity contribution is -0.141. The number of halogens is 3. The zero-order valence-corrected chi connectivity index (χ0v) is 7.55. The van der Waals surface area contributed by atoms with Crippen LogP contribution in [0.4, 0.5) is 13.2 Å². The van der Waals surface area contributed by atoms with Crippen LogP contribution in [0.1, 0.15) is 5.69 Å². The van der Waals surface area contributed by atoms with Crippen LogP contribution in [0, 0.1) is 0 Å². The summed E-state index contributed by atoms with van der Waals surface area (Å²) in [6.45, 7) is 0. The van der Waals surface area contributed by atoms with Gasteiger partial charge in [-0.2, -0.15) is 13.2 Å². The molecule has 0 atom stereocenters. The van der Waals surface area contributed by atoms with Crippen molar-refractivity contribution in [3.63, 3.8) is 0 Å². The van der Waals surface area contributed by atoms with Gasteiger partial charge in [0.2, 0.25) is 0 Å². The highest BCUT2D eigenvalue weighted by Gasteiger charge is 2.33. The summed E-state index contributed by atoms with van der Waals surface area (Å²) in [4.78, 5) is 3.26. The molecular formula is C8H8F3NO2. The molecule has 3 nitrogen and oxygen atoms in total. The van der Waals surface area contributed by atoms with Gasteiger partial charge in [0.25, 0.3) is 5.88 Å². The fraction of sp³-hybridized carbons (Fsp3) is 0.375. The SMILES string of the molecule is COc1ccc(C(F)(F)F)nc1OC. The molecular weight excluding hydrogens is 199 g/mol. The summed E-state index contributed by atoms with van der Waals surface area (Å²) in [6.07, 6.45) is -4.47. The molecule has 0 radical (unpaired) electrons. The third-order valence-electron chi connectivity index (χ3n) is 1.53. The molecule has 0 spiro atoms. The molecule has 0 amide bonds. The van der Waals surface area contributed by atoms with E-state index in [9.17, 15) is 13.2 Å². The summed E-state index contributed by atoms with van der Waals surface area (Å²) in [6, 6.07) is 2.00. The molecule has 0 saturated carbocycles. The third kappa shape index (κ3) is 2.07. The number of hydrogen-bond donors (Lipinski definition) is 0. The Hall–Kier alpha value is -1.46. The first-order chi connectivity index (χ1) is 6.49. The zero-order chi connectivity index (χ0) is 10.8.